The first-order chi connectivity index (χ1) is 7.16. The van der Waals surface area contributed by atoms with Crippen LogP contribution in [0.5, 0.6) is 0 Å². The van der Waals surface area contributed by atoms with Gasteiger partial charge in [0.2, 0.25) is 0 Å². The topological polar surface area (TPSA) is 12.5 Å². The van der Waals surface area contributed by atoms with Gasteiger partial charge in [0.05, 0.1) is 6.10 Å². The Morgan fingerprint density at radius 1 is 1.27 bits per heavy atom. The van der Waals surface area contributed by atoms with Crippen LogP contribution in [0.4, 0.5) is 0 Å². The van der Waals surface area contributed by atoms with E-state index in [9.17, 15) is 0 Å². The van der Waals surface area contributed by atoms with Crippen LogP contribution in [0.3, 0.4) is 0 Å². The Balaban J connectivity index is 2.33. The molecule has 0 bridgehead atoms. The highest BCUT2D eigenvalue weighted by Gasteiger charge is 2.38. The van der Waals surface area contributed by atoms with Crippen molar-refractivity contribution < 1.29 is 4.74 Å². The van der Waals surface area contributed by atoms with Gasteiger partial charge in [-0.3, -0.25) is 4.90 Å². The molecule has 1 saturated heterocycles. The Labute approximate surface area is 95.0 Å². The van der Waals surface area contributed by atoms with E-state index in [2.05, 4.69) is 25.7 Å². The van der Waals surface area contributed by atoms with Crippen molar-refractivity contribution in [3.05, 3.63) is 0 Å². The molecule has 1 aliphatic heterocycles. The van der Waals surface area contributed by atoms with Crippen molar-refractivity contribution in [3.8, 4) is 0 Å². The summed E-state index contributed by atoms with van der Waals surface area (Å²) in [7, 11) is 1.82. The Kier molecular flexibility index (Phi) is 5.07. The fraction of sp³-hybridized carbons (Fsp3) is 1.00. The summed E-state index contributed by atoms with van der Waals surface area (Å²) >= 11 is 0. The van der Waals surface area contributed by atoms with Crippen LogP contribution in [-0.2, 0) is 4.74 Å². The van der Waals surface area contributed by atoms with Gasteiger partial charge in [0.15, 0.2) is 0 Å². The van der Waals surface area contributed by atoms with E-state index >= 15 is 0 Å². The van der Waals surface area contributed by atoms with Crippen LogP contribution in [0.1, 0.15) is 52.9 Å². The van der Waals surface area contributed by atoms with Crippen LogP contribution in [0.25, 0.3) is 0 Å². The Bertz CT molecular complexity index is 177. The average Bonchev–Trinajstić information content (AvgIpc) is 2.16. The first kappa shape index (κ1) is 13.0. The van der Waals surface area contributed by atoms with Gasteiger partial charge < -0.3 is 4.74 Å². The van der Waals surface area contributed by atoms with E-state index < -0.39 is 0 Å². The van der Waals surface area contributed by atoms with E-state index in [-0.39, 0.29) is 0 Å². The molecule has 1 unspecified atom stereocenters. The maximum absolute atomic E-state index is 5.34. The summed E-state index contributed by atoms with van der Waals surface area (Å²) in [5.74, 6) is 0. The van der Waals surface area contributed by atoms with Gasteiger partial charge in [-0.1, -0.05) is 33.1 Å². The van der Waals surface area contributed by atoms with Crippen LogP contribution in [-0.4, -0.2) is 36.7 Å². The lowest BCUT2D eigenvalue weighted by Crippen LogP contribution is -2.61. The maximum atomic E-state index is 5.34. The van der Waals surface area contributed by atoms with E-state index in [1.807, 2.05) is 7.11 Å². The molecule has 0 saturated carbocycles. The van der Waals surface area contributed by atoms with Crippen molar-refractivity contribution >= 4 is 0 Å². The third-order valence-corrected chi connectivity index (χ3v) is 4.03. The van der Waals surface area contributed by atoms with Crippen molar-refractivity contribution in [1.29, 1.82) is 0 Å². The zero-order valence-electron chi connectivity index (χ0n) is 10.9. The van der Waals surface area contributed by atoms with E-state index in [1.165, 1.54) is 32.1 Å². The van der Waals surface area contributed by atoms with Crippen LogP contribution < -0.4 is 0 Å². The molecular formula is C13H27NO. The van der Waals surface area contributed by atoms with Gasteiger partial charge in [-0.05, 0) is 19.8 Å². The van der Waals surface area contributed by atoms with Crippen LogP contribution >= 0.6 is 0 Å². The molecule has 0 N–H and O–H groups in total. The molecule has 15 heavy (non-hydrogen) atoms. The highest BCUT2D eigenvalue weighted by atomic mass is 16.5. The molecule has 1 fully saturated rings. The minimum atomic E-state index is 0.421. The molecule has 0 spiro atoms. The second-order valence-electron chi connectivity index (χ2n) is 5.07. The van der Waals surface area contributed by atoms with Crippen LogP contribution in [0.2, 0.25) is 0 Å². The molecule has 0 aromatic rings. The first-order valence-electron chi connectivity index (χ1n) is 6.44. The van der Waals surface area contributed by atoms with Gasteiger partial charge in [0, 0.05) is 25.7 Å². The second-order valence-corrected chi connectivity index (χ2v) is 5.07. The van der Waals surface area contributed by atoms with Gasteiger partial charge in [0.1, 0.15) is 0 Å². The molecular weight excluding hydrogens is 186 g/mol. The Morgan fingerprint density at radius 2 is 1.93 bits per heavy atom. The van der Waals surface area contributed by atoms with Crippen molar-refractivity contribution in [1.82, 2.24) is 4.90 Å². The molecule has 1 atom stereocenters. The third-order valence-electron chi connectivity index (χ3n) is 4.03. The quantitative estimate of drug-likeness (QED) is 0.603. The van der Waals surface area contributed by atoms with E-state index in [4.69, 9.17) is 4.74 Å². The minimum Gasteiger partial charge on any atom is -0.379 e. The number of unbranched alkanes of at least 4 members (excludes halogenated alkanes) is 2. The molecule has 2 heteroatoms. The lowest BCUT2D eigenvalue weighted by Gasteiger charge is -2.50. The summed E-state index contributed by atoms with van der Waals surface area (Å²) in [6, 6.07) is 0. The second kappa shape index (κ2) is 5.86. The summed E-state index contributed by atoms with van der Waals surface area (Å²) in [6.07, 6.45) is 7.15. The molecule has 0 aromatic carbocycles. The van der Waals surface area contributed by atoms with Crippen LogP contribution in [0.15, 0.2) is 0 Å². The first-order valence-corrected chi connectivity index (χ1v) is 6.44. The van der Waals surface area contributed by atoms with Gasteiger partial charge >= 0.3 is 0 Å². The van der Waals surface area contributed by atoms with Gasteiger partial charge in [-0.25, -0.2) is 0 Å². The fourth-order valence-corrected chi connectivity index (χ4v) is 2.34. The smallest absolute Gasteiger partial charge is 0.0825 e. The summed E-state index contributed by atoms with van der Waals surface area (Å²) in [6.45, 7) is 9.26. The molecule has 2 nitrogen and oxygen atoms in total. The highest BCUT2D eigenvalue weighted by Crippen LogP contribution is 2.31. The number of ether oxygens (including phenoxy) is 1. The fourth-order valence-electron chi connectivity index (χ4n) is 2.34. The number of hydrogen-bond acceptors (Lipinski definition) is 2. The molecule has 0 aromatic heterocycles. The normalized spacial score (nSPS) is 22.4. The lowest BCUT2D eigenvalue weighted by atomic mass is 9.86. The SMILES string of the molecule is CCCCCC(C)(CC)N1CC(OC)C1. The number of nitrogens with zero attached hydrogens (tertiary/aromatic N) is 1. The largest absolute Gasteiger partial charge is 0.379 e. The summed E-state index contributed by atoms with van der Waals surface area (Å²) in [4.78, 5) is 2.59. The van der Waals surface area contributed by atoms with Gasteiger partial charge in [-0.15, -0.1) is 0 Å². The monoisotopic (exact) mass is 213 g/mol. The average molecular weight is 213 g/mol. The minimum absolute atomic E-state index is 0.421. The third kappa shape index (κ3) is 3.18. The van der Waals surface area contributed by atoms with Gasteiger partial charge in [-0.2, -0.15) is 0 Å². The predicted octanol–water partition coefficient (Wildman–Crippen LogP) is 3.07. The maximum Gasteiger partial charge on any atom is 0.0825 e. The summed E-state index contributed by atoms with van der Waals surface area (Å²) in [5, 5.41) is 0. The lowest BCUT2D eigenvalue weighted by molar-refractivity contribution is -0.0850. The van der Waals surface area contributed by atoms with E-state index in [0.29, 0.717) is 11.6 Å². The molecule has 1 rings (SSSR count). The Hall–Kier alpha value is -0.0800. The summed E-state index contributed by atoms with van der Waals surface area (Å²) < 4.78 is 5.34. The molecule has 1 aliphatic rings. The van der Waals surface area contributed by atoms with Crippen molar-refractivity contribution in [3.63, 3.8) is 0 Å². The predicted molar refractivity (Wildman–Crippen MR) is 65.2 cm³/mol. The number of methoxy groups -OCH3 is 1. The highest BCUT2D eigenvalue weighted by molar-refractivity contribution is 4.94. The van der Waals surface area contributed by atoms with Crippen molar-refractivity contribution in [2.24, 2.45) is 0 Å². The molecule has 1 heterocycles. The van der Waals surface area contributed by atoms with E-state index in [0.717, 1.165) is 13.1 Å². The molecule has 0 amide bonds. The van der Waals surface area contributed by atoms with E-state index in [1.54, 1.807) is 0 Å². The standard InChI is InChI=1S/C13H27NO/c1-5-7-8-9-13(3,6-2)14-10-12(11-14)15-4/h12H,5-11H2,1-4H3. The van der Waals surface area contributed by atoms with Crippen molar-refractivity contribution in [2.75, 3.05) is 20.2 Å². The number of rotatable bonds is 7. The van der Waals surface area contributed by atoms with Gasteiger partial charge in [0.25, 0.3) is 0 Å². The molecule has 0 aliphatic carbocycles. The molecule has 0 radical (unpaired) electrons. The number of likely N-dealkylation sites (tertiary alicyclic amines) is 1. The Morgan fingerprint density at radius 3 is 2.40 bits per heavy atom. The number of hydrogen-bond donors (Lipinski definition) is 0. The van der Waals surface area contributed by atoms with Crippen molar-refractivity contribution in [2.45, 2.75) is 64.5 Å². The summed E-state index contributed by atoms with van der Waals surface area (Å²) in [5.41, 5.74) is 0.421. The zero-order valence-corrected chi connectivity index (χ0v) is 10.9. The zero-order chi connectivity index (χ0) is 11.3. The van der Waals surface area contributed by atoms with Crippen LogP contribution in [0, 0.1) is 0 Å². The molecule has 90 valence electrons.